The summed E-state index contributed by atoms with van der Waals surface area (Å²) in [5, 5.41) is 5.19. The van der Waals surface area contributed by atoms with Gasteiger partial charge in [0.15, 0.2) is 5.69 Å². The van der Waals surface area contributed by atoms with Crippen molar-refractivity contribution in [3.05, 3.63) is 64.1 Å². The number of rotatable bonds is 6. The van der Waals surface area contributed by atoms with Gasteiger partial charge < -0.3 is 19.9 Å². The van der Waals surface area contributed by atoms with Gasteiger partial charge in [0, 0.05) is 50.0 Å². The first-order valence-electron chi connectivity index (χ1n) is 10.9. The van der Waals surface area contributed by atoms with Crippen LogP contribution in [0.15, 0.2) is 36.5 Å². The van der Waals surface area contributed by atoms with Gasteiger partial charge in [-0.3, -0.25) is 4.98 Å². The maximum Gasteiger partial charge on any atom is 0.190 e. The van der Waals surface area contributed by atoms with E-state index in [1.54, 1.807) is 7.11 Å². The molecular formula is C25H28ClN5O. The Hall–Kier alpha value is -3.01. The van der Waals surface area contributed by atoms with Crippen molar-refractivity contribution in [2.75, 3.05) is 50.6 Å². The van der Waals surface area contributed by atoms with E-state index in [1.807, 2.05) is 36.5 Å². The third-order valence-corrected chi connectivity index (χ3v) is 6.35. The Morgan fingerprint density at radius 2 is 1.97 bits per heavy atom. The molecule has 0 amide bonds. The van der Waals surface area contributed by atoms with Gasteiger partial charge in [0.25, 0.3) is 0 Å². The van der Waals surface area contributed by atoms with Gasteiger partial charge in [-0.2, -0.15) is 0 Å². The molecule has 0 aliphatic carbocycles. The molecule has 1 aromatic heterocycles. The number of pyridine rings is 1. The maximum atomic E-state index is 7.66. The number of aromatic nitrogens is 1. The molecule has 0 unspecified atom stereocenters. The van der Waals surface area contributed by atoms with Gasteiger partial charge in [0.05, 0.1) is 29.9 Å². The van der Waals surface area contributed by atoms with Crippen molar-refractivity contribution in [3.8, 4) is 5.75 Å². The standard InChI is InChI=1S/C25H28ClN5O/c1-5-18-16-29-25-20(24(18)28-15-17-6-7-23(32-4)21(26)12-17)13-19(27-2)14-22(25)31-10-8-30(3)9-11-31/h6-7,12-14,16H,5,8-11,15H2,1,3-4H3,(H,28,29). The lowest BCUT2D eigenvalue weighted by atomic mass is 10.0. The number of anilines is 2. The molecule has 2 heterocycles. The van der Waals surface area contributed by atoms with Gasteiger partial charge in [-0.15, -0.1) is 0 Å². The van der Waals surface area contributed by atoms with Gasteiger partial charge in [0.1, 0.15) is 5.75 Å². The molecule has 4 rings (SSSR count). The van der Waals surface area contributed by atoms with Crippen molar-refractivity contribution in [3.63, 3.8) is 0 Å². The number of nitrogens with zero attached hydrogens (tertiary/aromatic N) is 4. The van der Waals surface area contributed by atoms with Gasteiger partial charge in [0.2, 0.25) is 0 Å². The second-order valence-corrected chi connectivity index (χ2v) is 8.50. The Kier molecular flexibility index (Phi) is 6.69. The quantitative estimate of drug-likeness (QED) is 0.512. The average molecular weight is 450 g/mol. The lowest BCUT2D eigenvalue weighted by Crippen LogP contribution is -2.44. The Bertz CT molecular complexity index is 1170. The molecular weight excluding hydrogens is 422 g/mol. The smallest absolute Gasteiger partial charge is 0.190 e. The fourth-order valence-corrected chi connectivity index (χ4v) is 4.43. The van der Waals surface area contributed by atoms with E-state index in [9.17, 15) is 0 Å². The minimum absolute atomic E-state index is 0.592. The van der Waals surface area contributed by atoms with E-state index in [0.717, 1.165) is 66.0 Å². The fourth-order valence-electron chi connectivity index (χ4n) is 4.15. The first kappa shape index (κ1) is 22.2. The van der Waals surface area contributed by atoms with Crippen LogP contribution >= 0.6 is 11.6 Å². The molecule has 3 aromatic rings. The van der Waals surface area contributed by atoms with Gasteiger partial charge in [-0.05, 0) is 48.9 Å². The van der Waals surface area contributed by atoms with Crippen LogP contribution in [0.5, 0.6) is 5.75 Å². The monoisotopic (exact) mass is 449 g/mol. The van der Waals surface area contributed by atoms with E-state index in [1.165, 1.54) is 0 Å². The number of likely N-dealkylation sites (N-methyl/N-ethyl adjacent to an activating group) is 1. The van der Waals surface area contributed by atoms with Gasteiger partial charge in [-0.25, -0.2) is 4.85 Å². The van der Waals surface area contributed by atoms with E-state index in [-0.39, 0.29) is 0 Å². The number of hydrogen-bond acceptors (Lipinski definition) is 5. The zero-order valence-electron chi connectivity index (χ0n) is 18.8. The molecule has 7 heteroatoms. The second kappa shape index (κ2) is 9.64. The van der Waals surface area contributed by atoms with E-state index in [0.29, 0.717) is 23.0 Å². The number of fused-ring (bicyclic) bond motifs is 1. The van der Waals surface area contributed by atoms with Crippen molar-refractivity contribution in [1.82, 2.24) is 9.88 Å². The molecule has 1 aliphatic heterocycles. The largest absolute Gasteiger partial charge is 0.495 e. The van der Waals surface area contributed by atoms with Crippen molar-refractivity contribution < 1.29 is 4.74 Å². The zero-order chi connectivity index (χ0) is 22.7. The Morgan fingerprint density at radius 3 is 2.62 bits per heavy atom. The van der Waals surface area contributed by atoms with E-state index < -0.39 is 0 Å². The number of methoxy groups -OCH3 is 1. The highest BCUT2D eigenvalue weighted by atomic mass is 35.5. The summed E-state index contributed by atoms with van der Waals surface area (Å²) in [6, 6.07) is 9.74. The SMILES string of the molecule is [C-]#[N+]c1cc(N2CCN(C)CC2)c2ncc(CC)c(NCc3ccc(OC)c(Cl)c3)c2c1. The minimum Gasteiger partial charge on any atom is -0.495 e. The van der Waals surface area contributed by atoms with E-state index in [4.69, 9.17) is 27.9 Å². The second-order valence-electron chi connectivity index (χ2n) is 8.10. The molecule has 6 nitrogen and oxygen atoms in total. The Labute approximate surface area is 194 Å². The van der Waals surface area contributed by atoms with Crippen LogP contribution in [-0.4, -0.2) is 50.2 Å². The molecule has 32 heavy (non-hydrogen) atoms. The third-order valence-electron chi connectivity index (χ3n) is 6.05. The topological polar surface area (TPSA) is 45.0 Å². The van der Waals surface area contributed by atoms with Gasteiger partial charge in [-0.1, -0.05) is 24.6 Å². The number of ether oxygens (including phenoxy) is 1. The summed E-state index contributed by atoms with van der Waals surface area (Å²) in [5.74, 6) is 0.664. The molecule has 0 bridgehead atoms. The van der Waals surface area contributed by atoms with Crippen LogP contribution < -0.4 is 15.0 Å². The molecule has 0 radical (unpaired) electrons. The van der Waals surface area contributed by atoms with Crippen LogP contribution in [0.2, 0.25) is 5.02 Å². The first-order chi connectivity index (χ1) is 15.5. The maximum absolute atomic E-state index is 7.66. The summed E-state index contributed by atoms with van der Waals surface area (Å²) in [6.45, 7) is 14.3. The predicted molar refractivity (Wildman–Crippen MR) is 132 cm³/mol. The number of nitrogens with one attached hydrogen (secondary N) is 1. The summed E-state index contributed by atoms with van der Waals surface area (Å²) in [4.78, 5) is 13.3. The number of benzene rings is 2. The molecule has 1 saturated heterocycles. The summed E-state index contributed by atoms with van der Waals surface area (Å²) < 4.78 is 5.26. The molecule has 1 aliphatic rings. The molecule has 166 valence electrons. The number of piperazine rings is 1. The van der Waals surface area contributed by atoms with Crippen LogP contribution in [0.4, 0.5) is 17.1 Å². The van der Waals surface area contributed by atoms with Gasteiger partial charge >= 0.3 is 0 Å². The molecule has 0 atom stereocenters. The molecule has 1 fully saturated rings. The average Bonchev–Trinajstić information content (AvgIpc) is 2.82. The normalized spacial score (nSPS) is 14.4. The first-order valence-corrected chi connectivity index (χ1v) is 11.2. The van der Waals surface area contributed by atoms with Crippen molar-refractivity contribution in [2.24, 2.45) is 0 Å². The summed E-state index contributed by atoms with van der Waals surface area (Å²) in [6.07, 6.45) is 2.81. The van der Waals surface area contributed by atoms with E-state index >= 15 is 0 Å². The molecule has 0 spiro atoms. The van der Waals surface area contributed by atoms with Crippen LogP contribution in [0.3, 0.4) is 0 Å². The highest BCUT2D eigenvalue weighted by molar-refractivity contribution is 6.32. The molecule has 1 N–H and O–H groups in total. The third kappa shape index (κ3) is 4.45. The summed E-state index contributed by atoms with van der Waals surface area (Å²) in [7, 11) is 3.76. The molecule has 0 saturated carbocycles. The lowest BCUT2D eigenvalue weighted by Gasteiger charge is -2.34. The number of halogens is 1. The Balaban J connectivity index is 1.74. The van der Waals surface area contributed by atoms with Crippen molar-refractivity contribution >= 4 is 39.6 Å². The van der Waals surface area contributed by atoms with E-state index in [2.05, 4.69) is 33.9 Å². The summed E-state index contributed by atoms with van der Waals surface area (Å²) >= 11 is 6.32. The number of aryl methyl sites for hydroxylation is 1. The van der Waals surface area contributed by atoms with Crippen LogP contribution in [0.25, 0.3) is 15.7 Å². The van der Waals surface area contributed by atoms with Crippen molar-refractivity contribution in [2.45, 2.75) is 19.9 Å². The lowest BCUT2D eigenvalue weighted by molar-refractivity contribution is 0.313. The minimum atomic E-state index is 0.592. The fraction of sp³-hybridized carbons (Fsp3) is 0.360. The summed E-state index contributed by atoms with van der Waals surface area (Å²) in [5.41, 5.74) is 5.84. The Morgan fingerprint density at radius 1 is 1.19 bits per heavy atom. The highest BCUT2D eigenvalue weighted by Gasteiger charge is 2.20. The van der Waals surface area contributed by atoms with Crippen LogP contribution in [0.1, 0.15) is 18.1 Å². The predicted octanol–water partition coefficient (Wildman–Crippen LogP) is 5.37. The zero-order valence-corrected chi connectivity index (χ0v) is 19.5. The van der Waals surface area contributed by atoms with Crippen molar-refractivity contribution in [1.29, 1.82) is 0 Å². The highest BCUT2D eigenvalue weighted by Crippen LogP contribution is 2.37. The molecule has 2 aromatic carbocycles. The van der Waals surface area contributed by atoms with Crippen LogP contribution in [0, 0.1) is 6.57 Å². The van der Waals surface area contributed by atoms with Crippen LogP contribution in [-0.2, 0) is 13.0 Å². The number of hydrogen-bond donors (Lipinski definition) is 1.